The topological polar surface area (TPSA) is 67.6 Å². The van der Waals surface area contributed by atoms with Gasteiger partial charge in [-0.25, -0.2) is 0 Å². The van der Waals surface area contributed by atoms with E-state index in [1.54, 1.807) is 0 Å². The lowest BCUT2D eigenvalue weighted by atomic mass is 10.0. The monoisotopic (exact) mass is 299 g/mol. The van der Waals surface area contributed by atoms with E-state index >= 15 is 0 Å². The van der Waals surface area contributed by atoms with Crippen LogP contribution >= 0.6 is 0 Å². The molecule has 1 amide bonds. The van der Waals surface area contributed by atoms with Gasteiger partial charge in [0, 0.05) is 19.2 Å². The van der Waals surface area contributed by atoms with Gasteiger partial charge in [-0.05, 0) is 52.1 Å². The minimum Gasteiger partial charge on any atom is -0.379 e. The van der Waals surface area contributed by atoms with Gasteiger partial charge >= 0.3 is 0 Å². The molecule has 0 bridgehead atoms. The van der Waals surface area contributed by atoms with Crippen LogP contribution in [0.3, 0.4) is 0 Å². The first kappa shape index (κ1) is 18.4. The third-order valence-electron chi connectivity index (χ3n) is 4.24. The Bertz CT molecular complexity index is 297. The minimum absolute atomic E-state index is 0.115. The number of carbonyl (C=O) groups is 1. The van der Waals surface area contributed by atoms with Crippen LogP contribution < -0.4 is 11.1 Å². The van der Waals surface area contributed by atoms with Gasteiger partial charge in [0.2, 0.25) is 5.91 Å². The number of nitrogens with two attached hydrogens (primary N) is 1. The zero-order valence-corrected chi connectivity index (χ0v) is 13.9. The molecule has 0 heterocycles. The smallest absolute Gasteiger partial charge is 0.234 e. The van der Waals surface area contributed by atoms with Crippen molar-refractivity contribution >= 4 is 5.91 Å². The Balaban J connectivity index is 2.24. The minimum atomic E-state index is 0.115. The molecular weight excluding hydrogens is 266 g/mol. The lowest BCUT2D eigenvalue weighted by Gasteiger charge is -2.31. The summed E-state index contributed by atoms with van der Waals surface area (Å²) in [5.74, 6) is 0.668. The Hall–Kier alpha value is -0.650. The maximum Gasteiger partial charge on any atom is 0.234 e. The Morgan fingerprint density at radius 3 is 2.81 bits per heavy atom. The molecule has 1 aliphatic carbocycles. The van der Waals surface area contributed by atoms with Gasteiger partial charge in [-0.2, -0.15) is 0 Å². The summed E-state index contributed by atoms with van der Waals surface area (Å²) in [4.78, 5) is 14.3. The van der Waals surface area contributed by atoms with E-state index in [2.05, 4.69) is 17.1 Å². The number of likely N-dealkylation sites (N-methyl/N-ethyl adjacent to an activating group) is 1. The van der Waals surface area contributed by atoms with Crippen LogP contribution in [0, 0.1) is 5.92 Å². The number of hydrogen-bond donors (Lipinski definition) is 2. The average Bonchev–Trinajstić information content (AvgIpc) is 2.92. The van der Waals surface area contributed by atoms with Gasteiger partial charge in [0.25, 0.3) is 0 Å². The number of nitrogens with one attached hydrogen (secondary N) is 1. The quantitative estimate of drug-likeness (QED) is 0.598. The van der Waals surface area contributed by atoms with Crippen molar-refractivity contribution in [3.63, 3.8) is 0 Å². The normalized spacial score (nSPS) is 22.2. The molecule has 1 fully saturated rings. The molecule has 0 aromatic rings. The molecule has 21 heavy (non-hydrogen) atoms. The second kappa shape index (κ2) is 10.1. The van der Waals surface area contributed by atoms with Crippen LogP contribution in [0.15, 0.2) is 0 Å². The van der Waals surface area contributed by atoms with Crippen molar-refractivity contribution < 1.29 is 9.53 Å². The van der Waals surface area contributed by atoms with Crippen molar-refractivity contribution in [2.45, 2.75) is 58.6 Å². The van der Waals surface area contributed by atoms with E-state index in [1.165, 1.54) is 19.3 Å². The molecule has 2 atom stereocenters. The zero-order chi connectivity index (χ0) is 15.7. The largest absolute Gasteiger partial charge is 0.379 e. The molecule has 0 aromatic heterocycles. The SMILES string of the molecule is CCN(CC(=O)NCCCOC(C)C)C1CCCC1CN. The van der Waals surface area contributed by atoms with Crippen molar-refractivity contribution in [1.29, 1.82) is 0 Å². The summed E-state index contributed by atoms with van der Waals surface area (Å²) in [5.41, 5.74) is 5.84. The second-order valence-electron chi connectivity index (χ2n) is 6.18. The molecule has 2 unspecified atom stereocenters. The predicted octanol–water partition coefficient (Wildman–Crippen LogP) is 1.37. The van der Waals surface area contributed by atoms with Gasteiger partial charge in [0.05, 0.1) is 12.6 Å². The van der Waals surface area contributed by atoms with Crippen molar-refractivity contribution in [3.8, 4) is 0 Å². The van der Waals surface area contributed by atoms with Crippen LogP contribution in [0.5, 0.6) is 0 Å². The van der Waals surface area contributed by atoms with Crippen molar-refractivity contribution in [3.05, 3.63) is 0 Å². The number of ether oxygens (including phenoxy) is 1. The fourth-order valence-corrected chi connectivity index (χ4v) is 3.10. The van der Waals surface area contributed by atoms with E-state index in [0.29, 0.717) is 31.7 Å². The molecule has 124 valence electrons. The van der Waals surface area contributed by atoms with Gasteiger partial charge < -0.3 is 15.8 Å². The highest BCUT2D eigenvalue weighted by Gasteiger charge is 2.31. The van der Waals surface area contributed by atoms with Crippen molar-refractivity contribution in [1.82, 2.24) is 10.2 Å². The molecule has 0 saturated heterocycles. The molecule has 1 saturated carbocycles. The van der Waals surface area contributed by atoms with E-state index in [4.69, 9.17) is 10.5 Å². The number of amides is 1. The van der Waals surface area contributed by atoms with E-state index < -0.39 is 0 Å². The van der Waals surface area contributed by atoms with E-state index in [9.17, 15) is 4.79 Å². The highest BCUT2D eigenvalue weighted by Crippen LogP contribution is 2.28. The standard InChI is InChI=1S/C16H33N3O2/c1-4-19(15-8-5-7-14(15)11-17)12-16(20)18-9-6-10-21-13(2)3/h13-15H,4-12,17H2,1-3H3,(H,18,20). The van der Waals surface area contributed by atoms with Gasteiger partial charge in [-0.15, -0.1) is 0 Å². The van der Waals surface area contributed by atoms with E-state index in [-0.39, 0.29) is 12.0 Å². The molecule has 0 spiro atoms. The summed E-state index contributed by atoms with van der Waals surface area (Å²) in [5, 5.41) is 2.99. The van der Waals surface area contributed by atoms with Gasteiger partial charge in [0.15, 0.2) is 0 Å². The van der Waals surface area contributed by atoms with Gasteiger partial charge in [-0.3, -0.25) is 9.69 Å². The van der Waals surface area contributed by atoms with Gasteiger partial charge in [0.1, 0.15) is 0 Å². The van der Waals surface area contributed by atoms with Crippen LogP contribution in [-0.4, -0.2) is 55.7 Å². The zero-order valence-electron chi connectivity index (χ0n) is 13.9. The Labute approximate surface area is 129 Å². The predicted molar refractivity (Wildman–Crippen MR) is 86.1 cm³/mol. The molecule has 3 N–H and O–H groups in total. The molecule has 1 rings (SSSR count). The highest BCUT2D eigenvalue weighted by molar-refractivity contribution is 5.78. The fourth-order valence-electron chi connectivity index (χ4n) is 3.10. The summed E-state index contributed by atoms with van der Waals surface area (Å²) >= 11 is 0. The molecule has 5 heteroatoms. The van der Waals surface area contributed by atoms with Crippen LogP contribution in [0.2, 0.25) is 0 Å². The Morgan fingerprint density at radius 2 is 2.19 bits per heavy atom. The summed E-state index contributed by atoms with van der Waals surface area (Å²) in [7, 11) is 0. The van der Waals surface area contributed by atoms with E-state index in [0.717, 1.165) is 19.5 Å². The average molecular weight is 299 g/mol. The molecule has 0 radical (unpaired) electrons. The number of nitrogens with zero attached hydrogens (tertiary/aromatic N) is 1. The number of rotatable bonds is 10. The van der Waals surface area contributed by atoms with Gasteiger partial charge in [-0.1, -0.05) is 13.3 Å². The molecule has 0 aliphatic heterocycles. The van der Waals surface area contributed by atoms with Crippen LogP contribution in [0.25, 0.3) is 0 Å². The lowest BCUT2D eigenvalue weighted by molar-refractivity contribution is -0.123. The third-order valence-corrected chi connectivity index (χ3v) is 4.24. The first-order valence-corrected chi connectivity index (χ1v) is 8.40. The highest BCUT2D eigenvalue weighted by atomic mass is 16.5. The Morgan fingerprint density at radius 1 is 1.43 bits per heavy atom. The summed E-state index contributed by atoms with van der Waals surface area (Å²) < 4.78 is 5.46. The Kier molecular flexibility index (Phi) is 8.88. The van der Waals surface area contributed by atoms with Crippen molar-refractivity contribution in [2.24, 2.45) is 11.7 Å². The molecular formula is C16H33N3O2. The first-order chi connectivity index (χ1) is 10.1. The molecule has 5 nitrogen and oxygen atoms in total. The lowest BCUT2D eigenvalue weighted by Crippen LogP contribution is -2.45. The summed E-state index contributed by atoms with van der Waals surface area (Å²) in [6, 6.07) is 0.482. The molecule has 0 aromatic carbocycles. The fraction of sp³-hybridized carbons (Fsp3) is 0.938. The summed E-state index contributed by atoms with van der Waals surface area (Å²) in [6.45, 7) is 9.68. The molecule has 1 aliphatic rings. The maximum atomic E-state index is 12.0. The number of carbonyl (C=O) groups excluding carboxylic acids is 1. The first-order valence-electron chi connectivity index (χ1n) is 8.40. The van der Waals surface area contributed by atoms with Crippen LogP contribution in [0.1, 0.15) is 46.5 Å². The third kappa shape index (κ3) is 6.76. The van der Waals surface area contributed by atoms with Crippen molar-refractivity contribution in [2.75, 3.05) is 32.8 Å². The van der Waals surface area contributed by atoms with Crippen LogP contribution in [0.4, 0.5) is 0 Å². The second-order valence-corrected chi connectivity index (χ2v) is 6.18. The summed E-state index contributed by atoms with van der Waals surface area (Å²) in [6.07, 6.45) is 4.73. The van der Waals surface area contributed by atoms with E-state index in [1.807, 2.05) is 13.8 Å². The van der Waals surface area contributed by atoms with Crippen LogP contribution in [-0.2, 0) is 9.53 Å². The number of hydrogen-bond acceptors (Lipinski definition) is 4. The maximum absolute atomic E-state index is 12.0.